The first-order valence-electron chi connectivity index (χ1n) is 7.18. The maximum absolute atomic E-state index is 12.0. The molecule has 1 heterocycles. The zero-order chi connectivity index (χ0) is 16.8. The third-order valence-electron chi connectivity index (χ3n) is 3.20. The Hall–Kier alpha value is -2.34. The Bertz CT molecular complexity index is 699. The zero-order valence-electron chi connectivity index (χ0n) is 12.9. The number of pyridine rings is 1. The van der Waals surface area contributed by atoms with Gasteiger partial charge >= 0.3 is 5.97 Å². The first-order chi connectivity index (χ1) is 11.0. The Morgan fingerprint density at radius 3 is 2.52 bits per heavy atom. The number of aromatic carboxylic acids is 1. The highest BCUT2D eigenvalue weighted by Crippen LogP contribution is 2.21. The number of carboxylic acid groups (broad SMARTS) is 1. The van der Waals surface area contributed by atoms with E-state index in [4.69, 9.17) is 5.11 Å². The Morgan fingerprint density at radius 1 is 1.22 bits per heavy atom. The Morgan fingerprint density at radius 2 is 1.91 bits per heavy atom. The van der Waals surface area contributed by atoms with Crippen LogP contribution in [-0.2, 0) is 4.79 Å². The summed E-state index contributed by atoms with van der Waals surface area (Å²) in [5.41, 5.74) is 2.03. The number of carbonyl (C=O) groups excluding carboxylic acids is 1. The smallest absolute Gasteiger partial charge is 0.338 e. The molecule has 2 rings (SSSR count). The lowest BCUT2D eigenvalue weighted by atomic mass is 10.0. The molecule has 0 spiro atoms. The fraction of sp³-hybridized carbons (Fsp3) is 0.235. The summed E-state index contributed by atoms with van der Waals surface area (Å²) < 4.78 is 0. The molecule has 6 heteroatoms. The van der Waals surface area contributed by atoms with Crippen LogP contribution in [0.3, 0.4) is 0 Å². The molecular weight excluding hydrogens is 312 g/mol. The van der Waals surface area contributed by atoms with Crippen molar-refractivity contribution in [1.29, 1.82) is 0 Å². The predicted octanol–water partition coefficient (Wildman–Crippen LogP) is 3.63. The van der Waals surface area contributed by atoms with E-state index in [1.807, 2.05) is 24.3 Å². The summed E-state index contributed by atoms with van der Waals surface area (Å²) >= 11 is 1.11. The highest BCUT2D eigenvalue weighted by Gasteiger charge is 2.13. The van der Waals surface area contributed by atoms with Gasteiger partial charge in [0.1, 0.15) is 5.03 Å². The predicted molar refractivity (Wildman–Crippen MR) is 91.1 cm³/mol. The fourth-order valence-electron chi connectivity index (χ4n) is 1.95. The SMILES string of the molecule is CC(C)c1ccc(NC(=O)CSc2ncccc2C(=O)O)cc1. The van der Waals surface area contributed by atoms with Gasteiger partial charge in [0.25, 0.3) is 0 Å². The van der Waals surface area contributed by atoms with E-state index in [1.165, 1.54) is 17.8 Å². The molecule has 0 aliphatic rings. The summed E-state index contributed by atoms with van der Waals surface area (Å²) in [5.74, 6) is -0.711. The van der Waals surface area contributed by atoms with E-state index < -0.39 is 5.97 Å². The van der Waals surface area contributed by atoms with Crippen LogP contribution in [0.1, 0.15) is 35.7 Å². The molecule has 1 aromatic carbocycles. The molecule has 0 bridgehead atoms. The number of hydrogen-bond donors (Lipinski definition) is 2. The Kier molecular flexibility index (Phi) is 5.76. The second kappa shape index (κ2) is 7.78. The van der Waals surface area contributed by atoms with E-state index in [1.54, 1.807) is 6.07 Å². The molecule has 0 saturated heterocycles. The highest BCUT2D eigenvalue weighted by molar-refractivity contribution is 8.00. The van der Waals surface area contributed by atoms with Crippen LogP contribution in [0.15, 0.2) is 47.6 Å². The maximum Gasteiger partial charge on any atom is 0.338 e. The standard InChI is InChI=1S/C17H18N2O3S/c1-11(2)12-5-7-13(8-6-12)19-15(20)10-23-16-14(17(21)22)4-3-9-18-16/h3-9,11H,10H2,1-2H3,(H,19,20)(H,21,22). The number of rotatable bonds is 6. The molecule has 0 unspecified atom stereocenters. The third kappa shape index (κ3) is 4.82. The molecule has 0 fully saturated rings. The van der Waals surface area contributed by atoms with Crippen molar-refractivity contribution in [3.8, 4) is 0 Å². The number of carbonyl (C=O) groups is 2. The van der Waals surface area contributed by atoms with Crippen LogP contribution in [0.5, 0.6) is 0 Å². The number of benzene rings is 1. The van der Waals surface area contributed by atoms with Crippen molar-refractivity contribution in [3.05, 3.63) is 53.7 Å². The van der Waals surface area contributed by atoms with Gasteiger partial charge in [0.05, 0.1) is 11.3 Å². The van der Waals surface area contributed by atoms with E-state index in [0.29, 0.717) is 10.9 Å². The number of thioether (sulfide) groups is 1. The van der Waals surface area contributed by atoms with Crippen molar-refractivity contribution in [2.24, 2.45) is 0 Å². The minimum absolute atomic E-state index is 0.100. The minimum Gasteiger partial charge on any atom is -0.478 e. The second-order valence-electron chi connectivity index (χ2n) is 5.27. The molecule has 0 atom stereocenters. The van der Waals surface area contributed by atoms with Gasteiger partial charge in [-0.1, -0.05) is 37.7 Å². The van der Waals surface area contributed by atoms with Crippen LogP contribution < -0.4 is 5.32 Å². The van der Waals surface area contributed by atoms with E-state index >= 15 is 0 Å². The van der Waals surface area contributed by atoms with Crippen LogP contribution in [0.2, 0.25) is 0 Å². The number of nitrogens with zero attached hydrogens (tertiary/aromatic N) is 1. The number of carboxylic acids is 1. The average Bonchev–Trinajstić information content (AvgIpc) is 2.53. The lowest BCUT2D eigenvalue weighted by molar-refractivity contribution is -0.113. The van der Waals surface area contributed by atoms with Gasteiger partial charge in [-0.25, -0.2) is 9.78 Å². The summed E-state index contributed by atoms with van der Waals surface area (Å²) in [7, 11) is 0. The lowest BCUT2D eigenvalue weighted by Crippen LogP contribution is -2.14. The van der Waals surface area contributed by atoms with Gasteiger partial charge in [-0.15, -0.1) is 0 Å². The van der Waals surface area contributed by atoms with E-state index in [9.17, 15) is 9.59 Å². The molecule has 2 aromatic rings. The molecule has 0 aliphatic heterocycles. The van der Waals surface area contributed by atoms with Gasteiger partial charge in [-0.2, -0.15) is 0 Å². The third-order valence-corrected chi connectivity index (χ3v) is 4.21. The van der Waals surface area contributed by atoms with Crippen molar-refractivity contribution in [1.82, 2.24) is 4.98 Å². The number of anilines is 1. The van der Waals surface area contributed by atoms with Gasteiger partial charge in [-0.3, -0.25) is 4.79 Å². The molecule has 5 nitrogen and oxygen atoms in total. The first-order valence-corrected chi connectivity index (χ1v) is 8.17. The summed E-state index contributed by atoms with van der Waals surface area (Å²) in [6.07, 6.45) is 1.51. The molecule has 1 amide bonds. The van der Waals surface area contributed by atoms with Crippen LogP contribution in [-0.4, -0.2) is 27.7 Å². The van der Waals surface area contributed by atoms with Crippen LogP contribution in [0, 0.1) is 0 Å². The minimum atomic E-state index is -1.05. The molecule has 1 aromatic heterocycles. The molecule has 0 saturated carbocycles. The number of nitrogens with one attached hydrogen (secondary N) is 1. The monoisotopic (exact) mass is 330 g/mol. The summed E-state index contributed by atoms with van der Waals surface area (Å²) in [6.45, 7) is 4.22. The number of hydrogen-bond acceptors (Lipinski definition) is 4. The van der Waals surface area contributed by atoms with Gasteiger partial charge in [0.15, 0.2) is 0 Å². The van der Waals surface area contributed by atoms with Crippen molar-refractivity contribution >= 4 is 29.3 Å². The zero-order valence-corrected chi connectivity index (χ0v) is 13.8. The van der Waals surface area contributed by atoms with Gasteiger partial charge in [-0.05, 0) is 35.7 Å². The van der Waals surface area contributed by atoms with Gasteiger partial charge in [0.2, 0.25) is 5.91 Å². The summed E-state index contributed by atoms with van der Waals surface area (Å²) in [5, 5.41) is 12.2. The highest BCUT2D eigenvalue weighted by atomic mass is 32.2. The maximum atomic E-state index is 12.0. The quantitative estimate of drug-likeness (QED) is 0.791. The van der Waals surface area contributed by atoms with E-state index in [0.717, 1.165) is 17.4 Å². The lowest BCUT2D eigenvalue weighted by Gasteiger charge is -2.08. The molecular formula is C17H18N2O3S. The Labute approximate surface area is 139 Å². The summed E-state index contributed by atoms with van der Waals surface area (Å²) in [6, 6.07) is 10.7. The number of aromatic nitrogens is 1. The number of amides is 1. The topological polar surface area (TPSA) is 79.3 Å². The van der Waals surface area contributed by atoms with Crippen molar-refractivity contribution < 1.29 is 14.7 Å². The van der Waals surface area contributed by atoms with Crippen molar-refractivity contribution in [3.63, 3.8) is 0 Å². The molecule has 0 aliphatic carbocycles. The van der Waals surface area contributed by atoms with Crippen LogP contribution >= 0.6 is 11.8 Å². The molecule has 23 heavy (non-hydrogen) atoms. The molecule has 120 valence electrons. The Balaban J connectivity index is 1.94. The van der Waals surface area contributed by atoms with Gasteiger partial charge < -0.3 is 10.4 Å². The van der Waals surface area contributed by atoms with E-state index in [2.05, 4.69) is 24.1 Å². The van der Waals surface area contributed by atoms with Crippen LogP contribution in [0.4, 0.5) is 5.69 Å². The average molecular weight is 330 g/mol. The van der Waals surface area contributed by atoms with Crippen molar-refractivity contribution in [2.75, 3.05) is 11.1 Å². The normalized spacial score (nSPS) is 10.6. The van der Waals surface area contributed by atoms with Crippen LogP contribution in [0.25, 0.3) is 0 Å². The van der Waals surface area contributed by atoms with Crippen molar-refractivity contribution in [2.45, 2.75) is 24.8 Å². The van der Waals surface area contributed by atoms with Gasteiger partial charge in [0, 0.05) is 11.9 Å². The van der Waals surface area contributed by atoms with E-state index in [-0.39, 0.29) is 17.2 Å². The fourth-order valence-corrected chi connectivity index (χ4v) is 2.74. The first kappa shape index (κ1) is 17.0. The largest absolute Gasteiger partial charge is 0.478 e. The molecule has 0 radical (unpaired) electrons. The molecule has 2 N–H and O–H groups in total. The summed E-state index contributed by atoms with van der Waals surface area (Å²) in [4.78, 5) is 27.1. The second-order valence-corrected chi connectivity index (χ2v) is 6.24.